The maximum absolute atomic E-state index is 4.91. The number of benzene rings is 3. The molecule has 0 fully saturated rings. The lowest BCUT2D eigenvalue weighted by molar-refractivity contribution is 0.612. The summed E-state index contributed by atoms with van der Waals surface area (Å²) in [6.45, 7) is 2.18. The zero-order valence-corrected chi connectivity index (χ0v) is 13.6. The largest absolute Gasteiger partial charge is 0.175 e. The van der Waals surface area contributed by atoms with E-state index in [1.807, 2.05) is 0 Å². The van der Waals surface area contributed by atoms with Crippen molar-refractivity contribution in [3.8, 4) is 0 Å². The van der Waals surface area contributed by atoms with Crippen molar-refractivity contribution in [3.05, 3.63) is 108 Å². The van der Waals surface area contributed by atoms with Crippen LogP contribution in [-0.4, -0.2) is 5.25 Å². The summed E-state index contributed by atoms with van der Waals surface area (Å²) in [7, 11) is 0. The second kappa shape index (κ2) is 6.41. The minimum Gasteiger partial charge on any atom is -0.175 e. The van der Waals surface area contributed by atoms with Crippen molar-refractivity contribution in [1.29, 1.82) is 0 Å². The summed E-state index contributed by atoms with van der Waals surface area (Å²) >= 11 is 4.91. The summed E-state index contributed by atoms with van der Waals surface area (Å²) in [5.41, 5.74) is 3.56. The van der Waals surface area contributed by atoms with E-state index < -0.39 is 0 Å². The van der Waals surface area contributed by atoms with Crippen LogP contribution in [0.15, 0.2) is 91.0 Å². The van der Waals surface area contributed by atoms with Crippen molar-refractivity contribution in [2.75, 3.05) is 0 Å². The quantitative estimate of drug-likeness (QED) is 0.488. The Bertz CT molecular complexity index is 606. The maximum atomic E-state index is 4.91. The van der Waals surface area contributed by atoms with Crippen molar-refractivity contribution in [3.63, 3.8) is 0 Å². The van der Waals surface area contributed by atoms with Crippen LogP contribution in [0.2, 0.25) is 0 Å². The zero-order chi connectivity index (χ0) is 15.4. The standard InChI is InChI=1S/C21H20S/c1-17(22)21(18-11-5-2-6-12-18,19-13-7-3-8-14-19)20-15-9-4-10-16-20/h2-17,22H,1H3. The molecule has 0 amide bonds. The van der Waals surface area contributed by atoms with E-state index in [0.29, 0.717) is 0 Å². The SMILES string of the molecule is CC(S)C(c1ccccc1)(c1ccccc1)c1ccccc1. The molecule has 1 unspecified atom stereocenters. The molecule has 3 aromatic carbocycles. The molecule has 1 heteroatoms. The minimum absolute atomic E-state index is 0.139. The van der Waals surface area contributed by atoms with Crippen LogP contribution in [0.4, 0.5) is 0 Å². The smallest absolute Gasteiger partial charge is 0.0564 e. The molecule has 3 rings (SSSR count). The van der Waals surface area contributed by atoms with Crippen LogP contribution in [0.25, 0.3) is 0 Å². The minimum atomic E-state index is -0.257. The Morgan fingerprint density at radius 3 is 1.09 bits per heavy atom. The molecule has 0 radical (unpaired) electrons. The predicted molar refractivity (Wildman–Crippen MR) is 97.7 cm³/mol. The van der Waals surface area contributed by atoms with E-state index >= 15 is 0 Å². The molecular weight excluding hydrogens is 284 g/mol. The molecule has 0 spiro atoms. The highest BCUT2D eigenvalue weighted by molar-refractivity contribution is 7.81. The average molecular weight is 304 g/mol. The molecule has 0 N–H and O–H groups in total. The maximum Gasteiger partial charge on any atom is 0.0564 e. The van der Waals surface area contributed by atoms with Crippen molar-refractivity contribution in [2.24, 2.45) is 0 Å². The van der Waals surface area contributed by atoms with E-state index in [0.717, 1.165) is 0 Å². The van der Waals surface area contributed by atoms with Gasteiger partial charge in [-0.1, -0.05) is 97.9 Å². The summed E-state index contributed by atoms with van der Waals surface area (Å²) < 4.78 is 0. The van der Waals surface area contributed by atoms with Gasteiger partial charge in [-0.15, -0.1) is 0 Å². The molecule has 0 heterocycles. The third-order valence-corrected chi connectivity index (χ3v) is 4.70. The van der Waals surface area contributed by atoms with Crippen LogP contribution in [0.5, 0.6) is 0 Å². The lowest BCUT2D eigenvalue weighted by Gasteiger charge is -2.39. The third kappa shape index (κ3) is 2.46. The van der Waals surface area contributed by atoms with Gasteiger partial charge in [-0.25, -0.2) is 0 Å². The Kier molecular flexibility index (Phi) is 4.35. The summed E-state index contributed by atoms with van der Waals surface area (Å²) in [5.74, 6) is 0. The first-order chi connectivity index (χ1) is 10.8. The van der Waals surface area contributed by atoms with Gasteiger partial charge in [0.15, 0.2) is 0 Å². The van der Waals surface area contributed by atoms with Crippen LogP contribution in [0.3, 0.4) is 0 Å². The highest BCUT2D eigenvalue weighted by Crippen LogP contribution is 2.43. The monoisotopic (exact) mass is 304 g/mol. The second-order valence-corrected chi connectivity index (χ2v) is 6.36. The summed E-state index contributed by atoms with van der Waals surface area (Å²) in [4.78, 5) is 0. The number of rotatable bonds is 4. The molecular formula is C21H20S. The summed E-state index contributed by atoms with van der Waals surface area (Å²) in [6, 6.07) is 32.0. The first kappa shape index (κ1) is 14.9. The number of hydrogen-bond acceptors (Lipinski definition) is 1. The first-order valence-electron chi connectivity index (χ1n) is 7.61. The van der Waals surface area contributed by atoms with Crippen molar-refractivity contribution >= 4 is 12.6 Å². The first-order valence-corrected chi connectivity index (χ1v) is 8.12. The molecule has 0 saturated heterocycles. The number of hydrogen-bond donors (Lipinski definition) is 1. The molecule has 0 aliphatic rings. The van der Waals surface area contributed by atoms with Gasteiger partial charge >= 0.3 is 0 Å². The fourth-order valence-corrected chi connectivity index (χ4v) is 3.77. The van der Waals surface area contributed by atoms with Crippen LogP contribution >= 0.6 is 12.6 Å². The van der Waals surface area contributed by atoms with Crippen molar-refractivity contribution < 1.29 is 0 Å². The highest BCUT2D eigenvalue weighted by atomic mass is 32.1. The van der Waals surface area contributed by atoms with Gasteiger partial charge in [0, 0.05) is 5.25 Å². The molecule has 0 nitrogen and oxygen atoms in total. The second-order valence-electron chi connectivity index (χ2n) is 5.58. The predicted octanol–water partition coefficient (Wildman–Crippen LogP) is 5.34. The van der Waals surface area contributed by atoms with E-state index in [1.54, 1.807) is 0 Å². The van der Waals surface area contributed by atoms with Gasteiger partial charge < -0.3 is 0 Å². The Balaban J connectivity index is 2.34. The molecule has 110 valence electrons. The molecule has 0 aliphatic heterocycles. The van der Waals surface area contributed by atoms with E-state index in [9.17, 15) is 0 Å². The van der Waals surface area contributed by atoms with Gasteiger partial charge in [-0.3, -0.25) is 0 Å². The van der Waals surface area contributed by atoms with Crippen LogP contribution in [-0.2, 0) is 5.41 Å². The summed E-state index contributed by atoms with van der Waals surface area (Å²) in [6.07, 6.45) is 0. The average Bonchev–Trinajstić information content (AvgIpc) is 2.58. The van der Waals surface area contributed by atoms with Crippen molar-refractivity contribution in [1.82, 2.24) is 0 Å². The molecule has 0 saturated carbocycles. The Labute approximate surface area is 138 Å². The molecule has 22 heavy (non-hydrogen) atoms. The van der Waals surface area contributed by atoms with Gasteiger partial charge in [-0.2, -0.15) is 12.6 Å². The molecule has 3 aromatic rings. The molecule has 0 aromatic heterocycles. The normalized spacial score (nSPS) is 12.8. The highest BCUT2D eigenvalue weighted by Gasteiger charge is 2.39. The van der Waals surface area contributed by atoms with Crippen molar-refractivity contribution in [2.45, 2.75) is 17.6 Å². The van der Waals surface area contributed by atoms with Gasteiger partial charge in [0.1, 0.15) is 0 Å². The fourth-order valence-electron chi connectivity index (χ4n) is 3.33. The van der Waals surface area contributed by atoms with Gasteiger partial charge in [0.2, 0.25) is 0 Å². The third-order valence-electron chi connectivity index (χ3n) is 4.31. The van der Waals surface area contributed by atoms with Crippen LogP contribution in [0.1, 0.15) is 23.6 Å². The van der Waals surface area contributed by atoms with Crippen LogP contribution in [0, 0.1) is 0 Å². The molecule has 0 bridgehead atoms. The Morgan fingerprint density at radius 2 is 0.864 bits per heavy atom. The van der Waals surface area contributed by atoms with Gasteiger partial charge in [0.25, 0.3) is 0 Å². The van der Waals surface area contributed by atoms with E-state index in [1.165, 1.54) is 16.7 Å². The fraction of sp³-hybridized carbons (Fsp3) is 0.143. The lowest BCUT2D eigenvalue weighted by atomic mass is 9.67. The molecule has 1 atom stereocenters. The Morgan fingerprint density at radius 1 is 0.591 bits per heavy atom. The topological polar surface area (TPSA) is 0 Å². The van der Waals surface area contributed by atoms with Gasteiger partial charge in [0.05, 0.1) is 5.41 Å². The summed E-state index contributed by atoms with van der Waals surface area (Å²) in [5, 5.41) is 0.139. The van der Waals surface area contributed by atoms with E-state index in [4.69, 9.17) is 12.6 Å². The van der Waals surface area contributed by atoms with E-state index in [2.05, 4.69) is 97.9 Å². The van der Waals surface area contributed by atoms with Gasteiger partial charge in [-0.05, 0) is 16.7 Å². The zero-order valence-electron chi connectivity index (χ0n) is 12.7. The molecule has 0 aliphatic carbocycles. The van der Waals surface area contributed by atoms with E-state index in [-0.39, 0.29) is 10.7 Å². The number of thiol groups is 1. The Hall–Kier alpha value is -1.99. The lowest BCUT2D eigenvalue weighted by Crippen LogP contribution is -2.37. The van der Waals surface area contributed by atoms with Crippen LogP contribution < -0.4 is 0 Å².